The van der Waals surface area contributed by atoms with Crippen LogP contribution in [-0.4, -0.2) is 23.0 Å². The van der Waals surface area contributed by atoms with Gasteiger partial charge in [-0.15, -0.1) is 0 Å². The lowest BCUT2D eigenvalue weighted by molar-refractivity contribution is -0.107. The van der Waals surface area contributed by atoms with Crippen LogP contribution in [0.5, 0.6) is 0 Å². The van der Waals surface area contributed by atoms with E-state index in [2.05, 4.69) is 15.6 Å². The van der Waals surface area contributed by atoms with Gasteiger partial charge in [0.2, 0.25) is 6.41 Å². The molecule has 4 nitrogen and oxygen atoms in total. The van der Waals surface area contributed by atoms with Crippen molar-refractivity contribution >= 4 is 23.1 Å². The van der Waals surface area contributed by atoms with Crippen molar-refractivity contribution in [3.63, 3.8) is 0 Å². The molecule has 0 aliphatic heterocycles. The number of carbonyl (C=O) groups excluding carboxylic acids is 1. The molecule has 0 atom stereocenters. The van der Waals surface area contributed by atoms with Crippen molar-refractivity contribution in [2.45, 2.75) is 0 Å². The van der Waals surface area contributed by atoms with Crippen LogP contribution < -0.4 is 4.90 Å². The Morgan fingerprint density at radius 1 is 1.10 bits per heavy atom. The summed E-state index contributed by atoms with van der Waals surface area (Å²) >= 11 is 0. The molecule has 4 heteroatoms. The average molecular weight is 265 g/mol. The van der Waals surface area contributed by atoms with Gasteiger partial charge in [-0.05, 0) is 36.4 Å². The van der Waals surface area contributed by atoms with Crippen LogP contribution in [0.4, 0.5) is 5.69 Å². The van der Waals surface area contributed by atoms with E-state index in [0.717, 1.165) is 34.5 Å². The number of imidazole rings is 1. The number of aromatic nitrogens is 2. The fourth-order valence-corrected chi connectivity index (χ4v) is 2.31. The Bertz CT molecular complexity index is 759. The lowest BCUT2D eigenvalue weighted by atomic mass is 10.2. The second-order valence-corrected chi connectivity index (χ2v) is 4.75. The van der Waals surface area contributed by atoms with E-state index in [9.17, 15) is 4.79 Å². The number of nitrogens with zero attached hydrogens (tertiary/aromatic N) is 3. The van der Waals surface area contributed by atoms with Gasteiger partial charge in [0.1, 0.15) is 5.82 Å². The fraction of sp³-hybridized carbons (Fsp3) is 0.125. The Morgan fingerprint density at radius 3 is 2.45 bits per heavy atom. The molecule has 0 fully saturated rings. The molecule has 100 valence electrons. The normalized spacial score (nSPS) is 10.7. The van der Waals surface area contributed by atoms with Gasteiger partial charge in [-0.25, -0.2) is 4.98 Å². The molecule has 0 unspecified atom stereocenters. The predicted molar refractivity (Wildman–Crippen MR) is 80.6 cm³/mol. The van der Waals surface area contributed by atoms with E-state index in [1.54, 1.807) is 11.9 Å². The minimum atomic E-state index is 0.796. The van der Waals surface area contributed by atoms with Crippen LogP contribution in [-0.2, 0) is 11.8 Å². The summed E-state index contributed by atoms with van der Waals surface area (Å²) in [6.07, 6.45) is 0.796. The first-order valence-corrected chi connectivity index (χ1v) is 6.41. The molecule has 0 saturated heterocycles. The summed E-state index contributed by atoms with van der Waals surface area (Å²) in [5.74, 6) is 0.923. The summed E-state index contributed by atoms with van der Waals surface area (Å²) in [6, 6.07) is 15.9. The molecular formula is C16H15N3O. The van der Waals surface area contributed by atoms with E-state index in [1.165, 1.54) is 0 Å². The van der Waals surface area contributed by atoms with Crippen molar-refractivity contribution in [2.24, 2.45) is 7.05 Å². The Morgan fingerprint density at radius 2 is 1.80 bits per heavy atom. The van der Waals surface area contributed by atoms with Gasteiger partial charge in [-0.3, -0.25) is 4.79 Å². The number of anilines is 1. The van der Waals surface area contributed by atoms with E-state index in [0.29, 0.717) is 0 Å². The van der Waals surface area contributed by atoms with Gasteiger partial charge < -0.3 is 9.47 Å². The highest BCUT2D eigenvalue weighted by atomic mass is 16.1. The first-order valence-electron chi connectivity index (χ1n) is 6.41. The quantitative estimate of drug-likeness (QED) is 0.683. The summed E-state index contributed by atoms with van der Waals surface area (Å²) in [7, 11) is 3.74. The van der Waals surface area contributed by atoms with Gasteiger partial charge in [0.15, 0.2) is 0 Å². The first kappa shape index (κ1) is 12.4. The predicted octanol–water partition coefficient (Wildman–Crippen LogP) is 2.83. The molecular weight excluding hydrogens is 250 g/mol. The van der Waals surface area contributed by atoms with Gasteiger partial charge >= 0.3 is 0 Å². The fourth-order valence-electron chi connectivity index (χ4n) is 2.31. The Kier molecular flexibility index (Phi) is 2.99. The molecule has 0 spiro atoms. The molecule has 0 aliphatic rings. The maximum absolute atomic E-state index is 10.7. The number of hydrogen-bond acceptors (Lipinski definition) is 2. The molecule has 0 bridgehead atoms. The van der Waals surface area contributed by atoms with E-state index in [-0.39, 0.29) is 0 Å². The Hall–Kier alpha value is -2.62. The molecule has 20 heavy (non-hydrogen) atoms. The zero-order valence-corrected chi connectivity index (χ0v) is 11.4. The van der Waals surface area contributed by atoms with E-state index >= 15 is 0 Å². The second-order valence-electron chi connectivity index (χ2n) is 4.75. The topological polar surface area (TPSA) is 38.1 Å². The molecule has 0 radical (unpaired) electrons. The number of hydrogen-bond donors (Lipinski definition) is 0. The van der Waals surface area contributed by atoms with Gasteiger partial charge in [0.05, 0.1) is 11.0 Å². The van der Waals surface area contributed by atoms with E-state index in [4.69, 9.17) is 0 Å². The van der Waals surface area contributed by atoms with Crippen LogP contribution >= 0.6 is 0 Å². The molecule has 2 aromatic carbocycles. The molecule has 1 amide bonds. The van der Waals surface area contributed by atoms with Crippen molar-refractivity contribution in [2.75, 3.05) is 11.9 Å². The number of para-hydroxylation sites is 2. The number of benzene rings is 2. The number of aryl methyl sites for hydroxylation is 1. The lowest BCUT2D eigenvalue weighted by Gasteiger charge is -2.11. The highest BCUT2D eigenvalue weighted by Gasteiger charge is 2.09. The highest BCUT2D eigenvalue weighted by molar-refractivity contribution is 5.81. The SMILES string of the molecule is CN(C=O)c1ccc(-c2nc3ccccc3n2C)cc1. The zero-order chi connectivity index (χ0) is 14.1. The summed E-state index contributed by atoms with van der Waals surface area (Å²) in [5, 5.41) is 0. The third-order valence-electron chi connectivity index (χ3n) is 3.48. The minimum absolute atomic E-state index is 0.796. The molecule has 3 aromatic rings. The number of amides is 1. The van der Waals surface area contributed by atoms with E-state index in [1.807, 2.05) is 49.5 Å². The Labute approximate surface area is 117 Å². The summed E-state index contributed by atoms with van der Waals surface area (Å²) in [4.78, 5) is 16.9. The van der Waals surface area contributed by atoms with Crippen molar-refractivity contribution in [3.8, 4) is 11.4 Å². The maximum Gasteiger partial charge on any atom is 0.213 e. The molecule has 0 aliphatic carbocycles. The summed E-state index contributed by atoms with van der Waals surface area (Å²) in [6.45, 7) is 0. The standard InChI is InChI=1S/C16H15N3O/c1-18(11-20)13-9-7-12(8-10-13)16-17-14-5-3-4-6-15(14)19(16)2/h3-11H,1-2H3. The largest absolute Gasteiger partial charge is 0.327 e. The number of fused-ring (bicyclic) bond motifs is 1. The monoisotopic (exact) mass is 265 g/mol. The van der Waals surface area contributed by atoms with Gasteiger partial charge in [-0.2, -0.15) is 0 Å². The van der Waals surface area contributed by atoms with Crippen LogP contribution in [0.1, 0.15) is 0 Å². The van der Waals surface area contributed by atoms with Crippen LogP contribution in [0, 0.1) is 0 Å². The van der Waals surface area contributed by atoms with Crippen LogP contribution in [0.3, 0.4) is 0 Å². The highest BCUT2D eigenvalue weighted by Crippen LogP contribution is 2.25. The molecule has 0 saturated carbocycles. The smallest absolute Gasteiger partial charge is 0.213 e. The zero-order valence-electron chi connectivity index (χ0n) is 11.4. The van der Waals surface area contributed by atoms with Crippen LogP contribution in [0.2, 0.25) is 0 Å². The van der Waals surface area contributed by atoms with Crippen molar-refractivity contribution in [1.29, 1.82) is 0 Å². The molecule has 1 aromatic heterocycles. The van der Waals surface area contributed by atoms with Gasteiger partial charge in [-0.1, -0.05) is 12.1 Å². The molecule has 3 rings (SSSR count). The van der Waals surface area contributed by atoms with Gasteiger partial charge in [0, 0.05) is 25.3 Å². The third kappa shape index (κ3) is 1.95. The second kappa shape index (κ2) is 4.81. The lowest BCUT2D eigenvalue weighted by Crippen LogP contribution is -2.13. The average Bonchev–Trinajstić information content (AvgIpc) is 2.84. The number of carbonyl (C=O) groups is 1. The molecule has 1 heterocycles. The summed E-state index contributed by atoms with van der Waals surface area (Å²) in [5.41, 5.74) is 3.99. The molecule has 0 N–H and O–H groups in total. The number of rotatable bonds is 3. The minimum Gasteiger partial charge on any atom is -0.327 e. The van der Waals surface area contributed by atoms with Crippen LogP contribution in [0.25, 0.3) is 22.4 Å². The Balaban J connectivity index is 2.07. The van der Waals surface area contributed by atoms with Crippen molar-refractivity contribution < 1.29 is 4.79 Å². The summed E-state index contributed by atoms with van der Waals surface area (Å²) < 4.78 is 2.08. The first-order chi connectivity index (χ1) is 9.70. The van der Waals surface area contributed by atoms with Gasteiger partial charge in [0.25, 0.3) is 0 Å². The van der Waals surface area contributed by atoms with Crippen molar-refractivity contribution in [3.05, 3.63) is 48.5 Å². The van der Waals surface area contributed by atoms with Crippen LogP contribution in [0.15, 0.2) is 48.5 Å². The maximum atomic E-state index is 10.7. The van der Waals surface area contributed by atoms with Crippen molar-refractivity contribution in [1.82, 2.24) is 9.55 Å². The third-order valence-corrected chi connectivity index (χ3v) is 3.48. The van der Waals surface area contributed by atoms with E-state index < -0.39 is 0 Å².